The summed E-state index contributed by atoms with van der Waals surface area (Å²) in [6, 6.07) is 8.59. The van der Waals surface area contributed by atoms with Crippen LogP contribution in [0.2, 0.25) is 0 Å². The summed E-state index contributed by atoms with van der Waals surface area (Å²) >= 11 is 0. The predicted octanol–water partition coefficient (Wildman–Crippen LogP) is 2.17. The van der Waals surface area contributed by atoms with Crippen molar-refractivity contribution in [3.8, 4) is 0 Å². The molecule has 5 nitrogen and oxygen atoms in total. The van der Waals surface area contributed by atoms with Crippen LogP contribution in [-0.2, 0) is 18.6 Å². The van der Waals surface area contributed by atoms with Gasteiger partial charge in [-0.1, -0.05) is 30.3 Å². The summed E-state index contributed by atoms with van der Waals surface area (Å²) in [5.74, 6) is -1.71. The average molecular weight is 272 g/mol. The second-order valence-electron chi connectivity index (χ2n) is 3.74. The lowest BCUT2D eigenvalue weighted by Gasteiger charge is -2.21. The molecule has 0 saturated carbocycles. The first-order chi connectivity index (χ1) is 8.53. The van der Waals surface area contributed by atoms with E-state index in [1.165, 1.54) is 14.2 Å². The number of benzene rings is 1. The minimum atomic E-state index is -3.33. The van der Waals surface area contributed by atoms with Crippen molar-refractivity contribution < 1.29 is 23.7 Å². The Balaban J connectivity index is 2.81. The Morgan fingerprint density at radius 1 is 1.33 bits per heavy atom. The van der Waals surface area contributed by atoms with Crippen LogP contribution in [0.4, 0.5) is 0 Å². The Hall–Kier alpha value is -1.16. The molecule has 0 aliphatic heterocycles. The van der Waals surface area contributed by atoms with Gasteiger partial charge in [-0.15, -0.1) is 0 Å². The number of carbonyl (C=O) groups is 1. The third-order valence-corrected chi connectivity index (χ3v) is 5.14. The van der Waals surface area contributed by atoms with Crippen molar-refractivity contribution in [2.75, 3.05) is 20.4 Å². The van der Waals surface area contributed by atoms with E-state index in [4.69, 9.17) is 4.52 Å². The van der Waals surface area contributed by atoms with Crippen LogP contribution in [0.3, 0.4) is 0 Å². The van der Waals surface area contributed by atoms with Crippen LogP contribution in [-0.4, -0.2) is 31.5 Å². The Morgan fingerprint density at radius 3 is 2.44 bits per heavy atom. The summed E-state index contributed by atoms with van der Waals surface area (Å²) in [6.45, 7) is 0. The van der Waals surface area contributed by atoms with E-state index in [-0.39, 0.29) is 12.6 Å². The molecular weight excluding hydrogens is 255 g/mol. The smallest absolute Gasteiger partial charge is 0.306 e. The maximum atomic E-state index is 12.4. The third-order valence-electron chi connectivity index (χ3n) is 2.63. The van der Waals surface area contributed by atoms with Crippen molar-refractivity contribution in [3.05, 3.63) is 35.9 Å². The fraction of sp³-hybridized carbons (Fsp3) is 0.417. The normalized spacial score (nSPS) is 15.7. The first-order valence-corrected chi connectivity index (χ1v) is 7.35. The van der Waals surface area contributed by atoms with Crippen LogP contribution in [0.25, 0.3) is 0 Å². The molecule has 0 fully saturated rings. The highest BCUT2D eigenvalue weighted by Crippen LogP contribution is 2.58. The monoisotopic (exact) mass is 272 g/mol. The molecule has 1 aromatic rings. The Morgan fingerprint density at radius 2 is 1.94 bits per heavy atom. The molecule has 1 N–H and O–H groups in total. The second-order valence-corrected chi connectivity index (χ2v) is 6.50. The Labute approximate surface area is 106 Å². The lowest BCUT2D eigenvalue weighted by Crippen LogP contribution is -2.09. The van der Waals surface area contributed by atoms with E-state index in [0.717, 1.165) is 0 Å². The summed E-state index contributed by atoms with van der Waals surface area (Å²) in [7, 11) is -0.800. The topological polar surface area (TPSA) is 72.8 Å². The van der Waals surface area contributed by atoms with Gasteiger partial charge in [-0.25, -0.2) is 0 Å². The number of aliphatic hydroxyl groups excluding tert-OH is 1. The van der Waals surface area contributed by atoms with Gasteiger partial charge >= 0.3 is 5.97 Å². The van der Waals surface area contributed by atoms with E-state index < -0.39 is 19.2 Å². The summed E-state index contributed by atoms with van der Waals surface area (Å²) in [6.07, 6.45) is -0.0995. The Kier molecular flexibility index (Phi) is 5.54. The fourth-order valence-electron chi connectivity index (χ4n) is 1.51. The fourth-order valence-corrected chi connectivity index (χ4v) is 3.26. The largest absolute Gasteiger partial charge is 0.469 e. The molecule has 1 aromatic carbocycles. The predicted molar refractivity (Wildman–Crippen MR) is 67.5 cm³/mol. The van der Waals surface area contributed by atoms with Crippen LogP contribution in [0.1, 0.15) is 17.8 Å². The molecule has 100 valence electrons. The SMILES string of the molecule is COC(=O)CCP(=O)(OC)[C@H](O)c1ccccc1. The molecule has 0 heterocycles. The van der Waals surface area contributed by atoms with Crippen molar-refractivity contribution in [3.63, 3.8) is 0 Å². The van der Waals surface area contributed by atoms with E-state index in [0.29, 0.717) is 5.56 Å². The van der Waals surface area contributed by atoms with Crippen LogP contribution in [0, 0.1) is 0 Å². The molecule has 0 spiro atoms. The standard InChI is InChI=1S/C12H17O5P/c1-16-11(13)8-9-18(15,17-2)12(14)10-6-4-3-5-7-10/h3-7,12,14H,8-9H2,1-2H3/t12-,18?/m0/s1. The minimum absolute atomic E-state index is 0.0494. The van der Waals surface area contributed by atoms with Gasteiger partial charge in [0.1, 0.15) is 0 Å². The third kappa shape index (κ3) is 3.67. The van der Waals surface area contributed by atoms with Gasteiger partial charge in [0.25, 0.3) is 0 Å². The highest BCUT2D eigenvalue weighted by molar-refractivity contribution is 7.59. The molecule has 0 amide bonds. The van der Waals surface area contributed by atoms with Crippen LogP contribution in [0.15, 0.2) is 30.3 Å². The molecule has 18 heavy (non-hydrogen) atoms. The van der Waals surface area contributed by atoms with Crippen molar-refractivity contribution >= 4 is 13.3 Å². The van der Waals surface area contributed by atoms with Gasteiger partial charge in [-0.05, 0) is 5.56 Å². The first kappa shape index (κ1) is 14.9. The first-order valence-electron chi connectivity index (χ1n) is 5.48. The van der Waals surface area contributed by atoms with Crippen LogP contribution < -0.4 is 0 Å². The molecule has 0 radical (unpaired) electrons. The number of rotatable bonds is 6. The quantitative estimate of drug-likeness (QED) is 0.634. The van der Waals surface area contributed by atoms with Crippen LogP contribution in [0.5, 0.6) is 0 Å². The van der Waals surface area contributed by atoms with E-state index in [1.54, 1.807) is 30.3 Å². The number of aliphatic hydroxyl groups is 1. The molecule has 2 atom stereocenters. The van der Waals surface area contributed by atoms with E-state index >= 15 is 0 Å². The summed E-state index contributed by atoms with van der Waals surface area (Å²) in [5.41, 5.74) is 0.507. The van der Waals surface area contributed by atoms with E-state index in [9.17, 15) is 14.5 Å². The van der Waals surface area contributed by atoms with Gasteiger partial charge in [-0.2, -0.15) is 0 Å². The summed E-state index contributed by atoms with van der Waals surface area (Å²) < 4.78 is 21.8. The zero-order chi connectivity index (χ0) is 13.6. The van der Waals surface area contributed by atoms with Crippen molar-refractivity contribution in [1.82, 2.24) is 0 Å². The van der Waals surface area contributed by atoms with Crippen molar-refractivity contribution in [1.29, 1.82) is 0 Å². The van der Waals surface area contributed by atoms with Gasteiger partial charge in [0.05, 0.1) is 13.5 Å². The molecule has 0 aliphatic carbocycles. The molecular formula is C12H17O5P. The van der Waals surface area contributed by atoms with Crippen molar-refractivity contribution in [2.45, 2.75) is 12.3 Å². The lowest BCUT2D eigenvalue weighted by atomic mass is 10.2. The number of ether oxygens (including phenoxy) is 1. The molecule has 0 saturated heterocycles. The van der Waals surface area contributed by atoms with E-state index in [1.807, 2.05) is 0 Å². The van der Waals surface area contributed by atoms with Gasteiger partial charge in [-0.3, -0.25) is 9.36 Å². The molecule has 0 bridgehead atoms. The summed E-state index contributed by atoms with van der Waals surface area (Å²) in [4.78, 5) is 11.1. The van der Waals surface area contributed by atoms with Crippen LogP contribution >= 0.6 is 7.37 Å². The zero-order valence-electron chi connectivity index (χ0n) is 10.4. The van der Waals surface area contributed by atoms with Gasteiger partial charge in [0.15, 0.2) is 5.85 Å². The number of carbonyl (C=O) groups excluding carboxylic acids is 1. The molecule has 1 unspecified atom stereocenters. The molecule has 0 aliphatic rings. The Bertz CT molecular complexity index is 431. The highest BCUT2D eigenvalue weighted by Gasteiger charge is 2.33. The van der Waals surface area contributed by atoms with Gasteiger partial charge in [0.2, 0.25) is 7.37 Å². The zero-order valence-corrected chi connectivity index (χ0v) is 11.3. The number of esters is 1. The van der Waals surface area contributed by atoms with Gasteiger partial charge in [0, 0.05) is 13.3 Å². The second kappa shape index (κ2) is 6.69. The maximum Gasteiger partial charge on any atom is 0.306 e. The number of hydrogen-bond donors (Lipinski definition) is 1. The number of methoxy groups -OCH3 is 1. The molecule has 1 rings (SSSR count). The maximum absolute atomic E-state index is 12.4. The number of hydrogen-bond acceptors (Lipinski definition) is 5. The molecule has 0 aromatic heterocycles. The molecule has 6 heteroatoms. The minimum Gasteiger partial charge on any atom is -0.469 e. The van der Waals surface area contributed by atoms with E-state index in [2.05, 4.69) is 4.74 Å². The highest BCUT2D eigenvalue weighted by atomic mass is 31.2. The lowest BCUT2D eigenvalue weighted by molar-refractivity contribution is -0.140. The van der Waals surface area contributed by atoms with Gasteiger partial charge < -0.3 is 14.4 Å². The average Bonchev–Trinajstić information content (AvgIpc) is 2.44. The van der Waals surface area contributed by atoms with Crippen molar-refractivity contribution in [2.24, 2.45) is 0 Å². The summed E-state index contributed by atoms with van der Waals surface area (Å²) in [5, 5.41) is 10.1.